The van der Waals surface area contributed by atoms with E-state index in [2.05, 4.69) is 9.88 Å². The lowest BCUT2D eigenvalue weighted by atomic mass is 10.1. The van der Waals surface area contributed by atoms with Crippen LogP contribution in [0.15, 0.2) is 60.3 Å². The Hall–Kier alpha value is -3.67. The van der Waals surface area contributed by atoms with Crippen LogP contribution in [0.5, 0.6) is 0 Å². The van der Waals surface area contributed by atoms with Crippen molar-refractivity contribution in [2.75, 3.05) is 4.90 Å². The van der Waals surface area contributed by atoms with Crippen molar-refractivity contribution in [1.29, 1.82) is 0 Å². The first-order chi connectivity index (χ1) is 13.5. The number of barbiturate groups is 1. The maximum absolute atomic E-state index is 13.0. The summed E-state index contributed by atoms with van der Waals surface area (Å²) in [7, 11) is 0. The van der Waals surface area contributed by atoms with E-state index in [1.807, 2.05) is 50.4 Å². The van der Waals surface area contributed by atoms with Crippen molar-refractivity contribution in [3.63, 3.8) is 0 Å². The lowest BCUT2D eigenvalue weighted by Crippen LogP contribution is -2.54. The van der Waals surface area contributed by atoms with Gasteiger partial charge in [-0.2, -0.15) is 0 Å². The van der Waals surface area contributed by atoms with Gasteiger partial charge in [0.2, 0.25) is 0 Å². The van der Waals surface area contributed by atoms with Crippen molar-refractivity contribution in [2.45, 2.75) is 20.4 Å². The number of urea groups is 1. The average Bonchev–Trinajstić information content (AvgIpc) is 3.03. The fraction of sp³-hybridized carbons (Fsp3) is 0.136. The summed E-state index contributed by atoms with van der Waals surface area (Å²) >= 11 is 0. The van der Waals surface area contributed by atoms with Gasteiger partial charge in [-0.15, -0.1) is 0 Å². The summed E-state index contributed by atoms with van der Waals surface area (Å²) in [5.74, 6) is -1.32. The van der Waals surface area contributed by atoms with E-state index in [4.69, 9.17) is 0 Å². The number of amides is 4. The number of imide groups is 2. The Morgan fingerprint density at radius 1 is 1.04 bits per heavy atom. The summed E-state index contributed by atoms with van der Waals surface area (Å²) in [5, 5.41) is 3.21. The minimum atomic E-state index is -0.742. The smallest absolute Gasteiger partial charge is 0.335 e. The number of nitrogens with one attached hydrogen (secondary N) is 1. The van der Waals surface area contributed by atoms with Crippen molar-refractivity contribution >= 4 is 40.5 Å². The molecule has 3 aromatic rings. The normalized spacial score (nSPS) is 16.1. The van der Waals surface area contributed by atoms with Gasteiger partial charge in [0.05, 0.1) is 5.69 Å². The van der Waals surface area contributed by atoms with Crippen molar-refractivity contribution < 1.29 is 14.4 Å². The van der Waals surface area contributed by atoms with Crippen LogP contribution in [0.25, 0.3) is 17.0 Å². The summed E-state index contributed by atoms with van der Waals surface area (Å²) in [5.41, 5.74) is 3.05. The van der Waals surface area contributed by atoms with Gasteiger partial charge in [0.1, 0.15) is 5.57 Å². The van der Waals surface area contributed by atoms with Gasteiger partial charge < -0.3 is 4.57 Å². The van der Waals surface area contributed by atoms with E-state index in [1.165, 1.54) is 0 Å². The van der Waals surface area contributed by atoms with Crippen LogP contribution < -0.4 is 10.2 Å². The zero-order valence-electron chi connectivity index (χ0n) is 15.6. The minimum absolute atomic E-state index is 0.0693. The predicted molar refractivity (Wildman–Crippen MR) is 108 cm³/mol. The van der Waals surface area contributed by atoms with E-state index < -0.39 is 17.8 Å². The first-order valence-electron chi connectivity index (χ1n) is 9.05. The lowest BCUT2D eigenvalue weighted by Gasteiger charge is -2.26. The molecule has 1 aliphatic heterocycles. The molecule has 0 unspecified atom stereocenters. The van der Waals surface area contributed by atoms with E-state index in [-0.39, 0.29) is 5.57 Å². The quantitative estimate of drug-likeness (QED) is 0.563. The molecule has 1 saturated heterocycles. The molecule has 6 heteroatoms. The largest absolute Gasteiger partial charge is 0.347 e. The van der Waals surface area contributed by atoms with E-state index in [0.29, 0.717) is 5.69 Å². The van der Waals surface area contributed by atoms with Gasteiger partial charge in [0, 0.05) is 29.2 Å². The van der Waals surface area contributed by atoms with Crippen LogP contribution in [0.2, 0.25) is 0 Å². The third kappa shape index (κ3) is 2.89. The molecule has 0 atom stereocenters. The summed E-state index contributed by atoms with van der Waals surface area (Å²) < 4.78 is 2.05. The molecule has 0 spiro atoms. The molecule has 1 aromatic heterocycles. The summed E-state index contributed by atoms with van der Waals surface area (Å²) in [6.45, 7) is 4.66. The Bertz CT molecular complexity index is 1160. The SMILES string of the molecule is CCn1cc(C=C2C(=O)NC(=O)N(c3cccc(C)c3)C2=O)c2ccccc21. The van der Waals surface area contributed by atoms with Gasteiger partial charge in [-0.05, 0) is 43.7 Å². The van der Waals surface area contributed by atoms with Crippen LogP contribution in [0, 0.1) is 6.92 Å². The van der Waals surface area contributed by atoms with E-state index in [1.54, 1.807) is 24.3 Å². The van der Waals surface area contributed by atoms with Crippen LogP contribution in [-0.4, -0.2) is 22.4 Å². The minimum Gasteiger partial charge on any atom is -0.347 e. The number of hydrogen-bond donors (Lipinski definition) is 1. The third-order valence-electron chi connectivity index (χ3n) is 4.82. The fourth-order valence-corrected chi connectivity index (χ4v) is 3.47. The molecule has 4 rings (SSSR count). The van der Waals surface area contributed by atoms with E-state index in [9.17, 15) is 14.4 Å². The highest BCUT2D eigenvalue weighted by molar-refractivity contribution is 6.39. The Morgan fingerprint density at radius 2 is 1.82 bits per heavy atom. The molecule has 2 heterocycles. The molecule has 0 bridgehead atoms. The highest BCUT2D eigenvalue weighted by Gasteiger charge is 2.37. The Balaban J connectivity index is 1.82. The third-order valence-corrected chi connectivity index (χ3v) is 4.82. The molecular weight excluding hydrogens is 354 g/mol. The molecule has 140 valence electrons. The second kappa shape index (κ2) is 6.81. The van der Waals surface area contributed by atoms with Crippen LogP contribution in [0.3, 0.4) is 0 Å². The van der Waals surface area contributed by atoms with Gasteiger partial charge in [0.25, 0.3) is 11.8 Å². The first kappa shape index (κ1) is 17.7. The standard InChI is InChI=1S/C22H19N3O3/c1-3-24-13-15(17-9-4-5-10-19(17)24)12-18-20(26)23-22(28)25(21(18)27)16-8-6-7-14(2)11-16/h4-13H,3H2,1-2H3,(H,23,26,28). The maximum Gasteiger partial charge on any atom is 0.335 e. The number of fused-ring (bicyclic) bond motifs is 1. The van der Waals surface area contributed by atoms with Crippen LogP contribution in [0.1, 0.15) is 18.1 Å². The van der Waals surface area contributed by atoms with E-state index >= 15 is 0 Å². The van der Waals surface area contributed by atoms with Gasteiger partial charge in [0.15, 0.2) is 0 Å². The van der Waals surface area contributed by atoms with Crippen LogP contribution >= 0.6 is 0 Å². The zero-order valence-corrected chi connectivity index (χ0v) is 15.6. The summed E-state index contributed by atoms with van der Waals surface area (Å²) in [6.07, 6.45) is 3.47. The van der Waals surface area contributed by atoms with Gasteiger partial charge in [-0.1, -0.05) is 30.3 Å². The fourth-order valence-electron chi connectivity index (χ4n) is 3.47. The molecule has 1 N–H and O–H groups in total. The first-order valence-corrected chi connectivity index (χ1v) is 9.05. The topological polar surface area (TPSA) is 71.4 Å². The molecule has 4 amide bonds. The van der Waals surface area contributed by atoms with Crippen molar-refractivity contribution in [1.82, 2.24) is 9.88 Å². The summed E-state index contributed by atoms with van der Waals surface area (Å²) in [6, 6.07) is 14.1. The molecule has 6 nitrogen and oxygen atoms in total. The van der Waals surface area contributed by atoms with E-state index in [0.717, 1.165) is 33.5 Å². The second-order valence-electron chi connectivity index (χ2n) is 6.68. The van der Waals surface area contributed by atoms with Crippen LogP contribution in [-0.2, 0) is 16.1 Å². The lowest BCUT2D eigenvalue weighted by molar-refractivity contribution is -0.122. The monoisotopic (exact) mass is 373 g/mol. The number of nitrogens with zero attached hydrogens (tertiary/aromatic N) is 2. The number of aromatic nitrogens is 1. The number of carbonyl (C=O) groups excluding carboxylic acids is 3. The Kier molecular flexibility index (Phi) is 4.31. The number of carbonyl (C=O) groups is 3. The van der Waals surface area contributed by atoms with Crippen LogP contribution in [0.4, 0.5) is 10.5 Å². The maximum atomic E-state index is 13.0. The number of para-hydroxylation sites is 1. The van der Waals surface area contributed by atoms with Gasteiger partial charge in [-0.25, -0.2) is 9.69 Å². The zero-order chi connectivity index (χ0) is 19.8. The molecular formula is C22H19N3O3. The number of benzene rings is 2. The molecule has 28 heavy (non-hydrogen) atoms. The Morgan fingerprint density at radius 3 is 2.57 bits per heavy atom. The summed E-state index contributed by atoms with van der Waals surface area (Å²) in [4.78, 5) is 38.8. The number of hydrogen-bond acceptors (Lipinski definition) is 3. The molecule has 0 aliphatic carbocycles. The second-order valence-corrected chi connectivity index (χ2v) is 6.68. The number of rotatable bonds is 3. The molecule has 1 fully saturated rings. The van der Waals surface area contributed by atoms with Gasteiger partial charge in [-0.3, -0.25) is 14.9 Å². The van der Waals surface area contributed by atoms with Gasteiger partial charge >= 0.3 is 6.03 Å². The Labute approximate surface area is 162 Å². The van der Waals surface area contributed by atoms with Crippen molar-refractivity contribution in [3.8, 4) is 0 Å². The highest BCUT2D eigenvalue weighted by Crippen LogP contribution is 2.26. The number of aryl methyl sites for hydroxylation is 2. The van der Waals surface area contributed by atoms with Crippen molar-refractivity contribution in [3.05, 3.63) is 71.4 Å². The molecule has 0 radical (unpaired) electrons. The predicted octanol–water partition coefficient (Wildman–Crippen LogP) is 3.64. The molecule has 2 aromatic carbocycles. The molecule has 0 saturated carbocycles. The number of anilines is 1. The average molecular weight is 373 g/mol. The molecule has 1 aliphatic rings. The van der Waals surface area contributed by atoms with Crippen molar-refractivity contribution in [2.24, 2.45) is 0 Å². The highest BCUT2D eigenvalue weighted by atomic mass is 16.2.